The maximum Gasteiger partial charge on any atom is 0.166 e. The van der Waals surface area contributed by atoms with Crippen LogP contribution < -0.4 is 20.1 Å². The average molecular weight is 380 g/mol. The van der Waals surface area contributed by atoms with Gasteiger partial charge in [-0.05, 0) is 61.3 Å². The molecule has 26 heavy (non-hydrogen) atoms. The van der Waals surface area contributed by atoms with Gasteiger partial charge in [-0.25, -0.2) is 0 Å². The summed E-state index contributed by atoms with van der Waals surface area (Å²) in [5.41, 5.74) is 2.64. The Morgan fingerprint density at radius 2 is 1.88 bits per heavy atom. The Hall–Kier alpha value is -1.53. The molecule has 6 heteroatoms. The van der Waals surface area contributed by atoms with Crippen molar-refractivity contribution >= 4 is 17.3 Å². The maximum absolute atomic E-state index is 5.58. The fourth-order valence-electron chi connectivity index (χ4n) is 3.78. The lowest BCUT2D eigenvalue weighted by atomic mass is 9.83. The van der Waals surface area contributed by atoms with E-state index in [1.807, 2.05) is 0 Å². The van der Waals surface area contributed by atoms with Gasteiger partial charge >= 0.3 is 0 Å². The summed E-state index contributed by atoms with van der Waals surface area (Å²) >= 11 is 5.49. The average Bonchev–Trinajstić information content (AvgIpc) is 2.64. The molecule has 1 aliphatic heterocycles. The monoisotopic (exact) mass is 379 g/mol. The zero-order valence-corrected chi connectivity index (χ0v) is 17.7. The minimum absolute atomic E-state index is 0.207. The third-order valence-corrected chi connectivity index (χ3v) is 5.39. The zero-order chi connectivity index (χ0) is 19.3. The normalized spacial score (nSPS) is 18.2. The number of likely N-dealkylation sites (N-methyl/N-ethyl adjacent to an activating group) is 1. The molecule has 2 rings (SSSR count). The lowest BCUT2D eigenvalue weighted by Crippen LogP contribution is -2.53. The Bertz CT molecular complexity index is 621. The van der Waals surface area contributed by atoms with Crippen LogP contribution in [0.5, 0.6) is 11.5 Å². The lowest BCUT2D eigenvalue weighted by Gasteiger charge is -2.43. The molecular formula is C20H33N3O2S. The fraction of sp³-hybridized carbons (Fsp3) is 0.650. The number of fused-ring (bicyclic) bond motifs is 1. The first-order chi connectivity index (χ1) is 12.5. The van der Waals surface area contributed by atoms with E-state index in [0.29, 0.717) is 5.92 Å². The summed E-state index contributed by atoms with van der Waals surface area (Å²) in [4.78, 5) is 2.53. The molecule has 2 atom stereocenters. The summed E-state index contributed by atoms with van der Waals surface area (Å²) in [5.74, 6) is 2.00. The first-order valence-electron chi connectivity index (χ1n) is 9.49. The number of hydrogen-bond acceptors (Lipinski definition) is 4. The van der Waals surface area contributed by atoms with Crippen LogP contribution in [-0.2, 0) is 6.42 Å². The molecule has 2 N–H and O–H groups in total. The predicted octanol–water partition coefficient (Wildman–Crippen LogP) is 3.13. The van der Waals surface area contributed by atoms with Gasteiger partial charge in [0.15, 0.2) is 16.6 Å². The van der Waals surface area contributed by atoms with Gasteiger partial charge < -0.3 is 20.1 Å². The van der Waals surface area contributed by atoms with Gasteiger partial charge in [0, 0.05) is 13.1 Å². The van der Waals surface area contributed by atoms with Crippen LogP contribution in [0, 0.1) is 5.92 Å². The van der Waals surface area contributed by atoms with Crippen LogP contribution in [0.25, 0.3) is 0 Å². The Kier molecular flexibility index (Phi) is 7.53. The summed E-state index contributed by atoms with van der Waals surface area (Å²) in [6, 6.07) is 4.72. The number of rotatable bonds is 7. The largest absolute Gasteiger partial charge is 0.493 e. The fourth-order valence-corrected chi connectivity index (χ4v) is 4.06. The molecule has 0 saturated carbocycles. The standard InChI is InChI=1S/C20H33N3O2S/c1-7-21-20(26)22-18(13(3)4)19-15-12-17(25-6)16(24-5)11-14(15)9-10-23(19)8-2/h11-13,18-19H,7-10H2,1-6H3,(H2,21,22,26). The minimum atomic E-state index is 0.207. The van der Waals surface area contributed by atoms with Crippen LogP contribution in [0.15, 0.2) is 12.1 Å². The third kappa shape index (κ3) is 4.41. The summed E-state index contributed by atoms with van der Waals surface area (Å²) < 4.78 is 11.1. The van der Waals surface area contributed by atoms with Gasteiger partial charge in [0.05, 0.1) is 26.3 Å². The highest BCUT2D eigenvalue weighted by Gasteiger charge is 2.36. The highest BCUT2D eigenvalue weighted by atomic mass is 32.1. The highest BCUT2D eigenvalue weighted by molar-refractivity contribution is 7.80. The Labute approximate surface area is 163 Å². The van der Waals surface area contributed by atoms with Crippen LogP contribution in [0.2, 0.25) is 0 Å². The van der Waals surface area contributed by atoms with E-state index in [-0.39, 0.29) is 12.1 Å². The number of hydrogen-bond donors (Lipinski definition) is 2. The van der Waals surface area contributed by atoms with Gasteiger partial charge in [0.1, 0.15) is 0 Å². The second-order valence-corrected chi connectivity index (χ2v) is 7.41. The molecule has 0 aliphatic carbocycles. The molecule has 1 aliphatic rings. The lowest BCUT2D eigenvalue weighted by molar-refractivity contribution is 0.140. The Morgan fingerprint density at radius 1 is 1.23 bits per heavy atom. The highest BCUT2D eigenvalue weighted by Crippen LogP contribution is 2.40. The van der Waals surface area contributed by atoms with E-state index in [1.165, 1.54) is 11.1 Å². The van der Waals surface area contributed by atoms with Crippen molar-refractivity contribution in [3.63, 3.8) is 0 Å². The molecule has 0 fully saturated rings. The van der Waals surface area contributed by atoms with Crippen LogP contribution in [-0.4, -0.2) is 49.9 Å². The summed E-state index contributed by atoms with van der Waals surface area (Å²) in [6.07, 6.45) is 1.02. The van der Waals surface area contributed by atoms with Gasteiger partial charge in [-0.3, -0.25) is 4.90 Å². The van der Waals surface area contributed by atoms with E-state index in [1.54, 1.807) is 14.2 Å². The number of benzene rings is 1. The van der Waals surface area contributed by atoms with Crippen molar-refractivity contribution in [3.05, 3.63) is 23.3 Å². The summed E-state index contributed by atoms with van der Waals surface area (Å²) in [7, 11) is 3.38. The van der Waals surface area contributed by atoms with E-state index in [0.717, 1.165) is 42.7 Å². The van der Waals surface area contributed by atoms with Crippen molar-refractivity contribution in [1.82, 2.24) is 15.5 Å². The first-order valence-corrected chi connectivity index (χ1v) is 9.90. The Balaban J connectivity index is 2.48. The molecule has 5 nitrogen and oxygen atoms in total. The molecule has 0 amide bonds. The SMILES string of the molecule is CCNC(=S)NC(C(C)C)C1c2cc(OC)c(OC)cc2CCN1CC. The molecule has 1 aromatic carbocycles. The third-order valence-electron chi connectivity index (χ3n) is 5.13. The smallest absolute Gasteiger partial charge is 0.166 e. The predicted molar refractivity (Wildman–Crippen MR) is 111 cm³/mol. The quantitative estimate of drug-likeness (QED) is 0.710. The van der Waals surface area contributed by atoms with Gasteiger partial charge in [0.25, 0.3) is 0 Å². The van der Waals surface area contributed by atoms with Crippen molar-refractivity contribution in [3.8, 4) is 11.5 Å². The molecule has 0 aromatic heterocycles. The molecule has 0 spiro atoms. The first kappa shape index (κ1) is 20.8. The molecule has 2 unspecified atom stereocenters. The van der Waals surface area contributed by atoms with Crippen LogP contribution in [0.1, 0.15) is 44.9 Å². The number of thiocarbonyl (C=S) groups is 1. The van der Waals surface area contributed by atoms with Gasteiger partial charge in [-0.15, -0.1) is 0 Å². The molecule has 1 heterocycles. The summed E-state index contributed by atoms with van der Waals surface area (Å²) in [5, 5.41) is 7.51. The van der Waals surface area contributed by atoms with E-state index in [9.17, 15) is 0 Å². The molecule has 1 aromatic rings. The molecular weight excluding hydrogens is 346 g/mol. The van der Waals surface area contributed by atoms with Gasteiger partial charge in [-0.2, -0.15) is 0 Å². The van der Waals surface area contributed by atoms with Gasteiger partial charge in [0.2, 0.25) is 0 Å². The summed E-state index contributed by atoms with van der Waals surface area (Å²) in [6.45, 7) is 11.6. The zero-order valence-electron chi connectivity index (χ0n) is 16.9. The molecule has 0 bridgehead atoms. The van der Waals surface area contributed by atoms with E-state index in [4.69, 9.17) is 21.7 Å². The van der Waals surface area contributed by atoms with E-state index < -0.39 is 0 Å². The van der Waals surface area contributed by atoms with Crippen LogP contribution in [0.4, 0.5) is 0 Å². The van der Waals surface area contributed by atoms with Crippen molar-refractivity contribution in [1.29, 1.82) is 0 Å². The van der Waals surface area contributed by atoms with Crippen LogP contribution in [0.3, 0.4) is 0 Å². The second kappa shape index (κ2) is 9.42. The van der Waals surface area contributed by atoms with Crippen molar-refractivity contribution in [2.45, 2.75) is 46.2 Å². The van der Waals surface area contributed by atoms with E-state index in [2.05, 4.69) is 55.4 Å². The maximum atomic E-state index is 5.58. The number of nitrogens with one attached hydrogen (secondary N) is 2. The van der Waals surface area contributed by atoms with Gasteiger partial charge in [-0.1, -0.05) is 20.8 Å². The molecule has 0 radical (unpaired) electrons. The molecule has 0 saturated heterocycles. The van der Waals surface area contributed by atoms with Crippen molar-refractivity contribution < 1.29 is 9.47 Å². The van der Waals surface area contributed by atoms with E-state index >= 15 is 0 Å². The number of nitrogens with zero attached hydrogens (tertiary/aromatic N) is 1. The Morgan fingerprint density at radius 3 is 2.42 bits per heavy atom. The topological polar surface area (TPSA) is 45.8 Å². The van der Waals surface area contributed by atoms with Crippen molar-refractivity contribution in [2.75, 3.05) is 33.9 Å². The minimum Gasteiger partial charge on any atom is -0.493 e. The van der Waals surface area contributed by atoms with Crippen LogP contribution >= 0.6 is 12.2 Å². The second-order valence-electron chi connectivity index (χ2n) is 7.00. The number of ether oxygens (including phenoxy) is 2. The molecule has 146 valence electrons. The van der Waals surface area contributed by atoms with Crippen molar-refractivity contribution in [2.24, 2.45) is 5.92 Å². The number of methoxy groups -OCH3 is 2.